The first-order valence-electron chi connectivity index (χ1n) is 8.66. The molecule has 0 aliphatic carbocycles. The fourth-order valence-electron chi connectivity index (χ4n) is 2.64. The maximum absolute atomic E-state index is 12.1. The Labute approximate surface area is 147 Å². The predicted octanol–water partition coefficient (Wildman–Crippen LogP) is 1.17. The summed E-state index contributed by atoms with van der Waals surface area (Å²) in [6.07, 6.45) is 7.13. The van der Waals surface area contributed by atoms with Crippen LogP contribution in [0.25, 0.3) is 6.08 Å². The van der Waals surface area contributed by atoms with E-state index in [1.807, 2.05) is 6.92 Å². The Morgan fingerprint density at radius 2 is 1.96 bits per heavy atom. The molecule has 2 heterocycles. The Balaban J connectivity index is 1.68. The van der Waals surface area contributed by atoms with Crippen molar-refractivity contribution in [3.63, 3.8) is 0 Å². The van der Waals surface area contributed by atoms with E-state index in [2.05, 4.69) is 10.6 Å². The molecule has 1 fully saturated rings. The summed E-state index contributed by atoms with van der Waals surface area (Å²) in [5.41, 5.74) is 0. The van der Waals surface area contributed by atoms with Gasteiger partial charge in [-0.25, -0.2) is 0 Å². The van der Waals surface area contributed by atoms with E-state index in [1.165, 1.54) is 6.08 Å². The van der Waals surface area contributed by atoms with Crippen LogP contribution in [-0.4, -0.2) is 48.8 Å². The van der Waals surface area contributed by atoms with Gasteiger partial charge in [0, 0.05) is 32.3 Å². The van der Waals surface area contributed by atoms with Gasteiger partial charge in [0.1, 0.15) is 5.76 Å². The van der Waals surface area contributed by atoms with Crippen molar-refractivity contribution in [3.8, 4) is 0 Å². The highest BCUT2D eigenvalue weighted by Crippen LogP contribution is 2.17. The van der Waals surface area contributed by atoms with Crippen molar-refractivity contribution < 1.29 is 18.8 Å². The molecule has 0 radical (unpaired) electrons. The summed E-state index contributed by atoms with van der Waals surface area (Å²) in [4.78, 5) is 37.1. The highest BCUT2D eigenvalue weighted by Gasteiger charge is 2.23. The van der Waals surface area contributed by atoms with Gasteiger partial charge >= 0.3 is 11.8 Å². The second kappa shape index (κ2) is 9.66. The molecule has 2 N–H and O–H groups in total. The summed E-state index contributed by atoms with van der Waals surface area (Å²) in [6.45, 7) is 4.17. The lowest BCUT2D eigenvalue weighted by molar-refractivity contribution is -0.139. The highest BCUT2D eigenvalue weighted by atomic mass is 16.3. The minimum Gasteiger partial charge on any atom is -0.465 e. The van der Waals surface area contributed by atoms with E-state index in [-0.39, 0.29) is 11.8 Å². The van der Waals surface area contributed by atoms with Gasteiger partial charge in [0.25, 0.3) is 0 Å². The summed E-state index contributed by atoms with van der Waals surface area (Å²) in [5, 5.41) is 5.22. The number of likely N-dealkylation sites (tertiary alicyclic amines) is 1. The largest absolute Gasteiger partial charge is 0.465 e. The fourth-order valence-corrected chi connectivity index (χ4v) is 2.64. The lowest BCUT2D eigenvalue weighted by atomic mass is 9.96. The Morgan fingerprint density at radius 3 is 2.60 bits per heavy atom. The molecule has 136 valence electrons. The van der Waals surface area contributed by atoms with Crippen LogP contribution in [-0.2, 0) is 14.4 Å². The predicted molar refractivity (Wildman–Crippen MR) is 93.4 cm³/mol. The molecule has 1 saturated heterocycles. The van der Waals surface area contributed by atoms with Gasteiger partial charge in [0.15, 0.2) is 0 Å². The summed E-state index contributed by atoms with van der Waals surface area (Å²) in [5.74, 6) is -0.294. The quantitative estimate of drug-likeness (QED) is 0.597. The molecule has 2 rings (SSSR count). The molecule has 0 saturated carbocycles. The van der Waals surface area contributed by atoms with Crippen molar-refractivity contribution in [1.29, 1.82) is 0 Å². The van der Waals surface area contributed by atoms with Crippen molar-refractivity contribution in [1.82, 2.24) is 15.5 Å². The van der Waals surface area contributed by atoms with Crippen LogP contribution in [0.4, 0.5) is 0 Å². The molecular formula is C18H25N3O4. The molecule has 1 aliphatic rings. The number of rotatable bonds is 6. The first-order chi connectivity index (χ1) is 12.1. The molecular weight excluding hydrogens is 322 g/mol. The van der Waals surface area contributed by atoms with Gasteiger partial charge in [-0.1, -0.05) is 6.92 Å². The van der Waals surface area contributed by atoms with Gasteiger partial charge < -0.3 is 20.0 Å². The molecule has 0 bridgehead atoms. The molecule has 1 aromatic heterocycles. The molecule has 0 spiro atoms. The summed E-state index contributed by atoms with van der Waals surface area (Å²) in [7, 11) is 0. The normalized spacial score (nSPS) is 15.3. The number of carbonyl (C=O) groups excluding carboxylic acids is 3. The maximum Gasteiger partial charge on any atom is 0.309 e. The molecule has 7 heteroatoms. The maximum atomic E-state index is 12.1. The van der Waals surface area contributed by atoms with E-state index < -0.39 is 11.8 Å². The third kappa shape index (κ3) is 6.10. The zero-order chi connectivity index (χ0) is 18.1. The van der Waals surface area contributed by atoms with Crippen molar-refractivity contribution in [2.45, 2.75) is 26.2 Å². The van der Waals surface area contributed by atoms with Crippen LogP contribution in [0.3, 0.4) is 0 Å². The van der Waals surface area contributed by atoms with Crippen LogP contribution in [0.5, 0.6) is 0 Å². The van der Waals surface area contributed by atoms with Crippen molar-refractivity contribution >= 4 is 23.8 Å². The third-order valence-electron chi connectivity index (χ3n) is 4.15. The zero-order valence-electron chi connectivity index (χ0n) is 14.5. The van der Waals surface area contributed by atoms with E-state index in [9.17, 15) is 14.4 Å². The SMILES string of the molecule is CCCNC(=O)C(=O)NCC1CCN(C(=O)/C=C/c2ccco2)CC1. The fraction of sp³-hybridized carbons (Fsp3) is 0.500. The third-order valence-corrected chi connectivity index (χ3v) is 4.15. The number of furan rings is 1. The van der Waals surface area contributed by atoms with Gasteiger partial charge in [-0.3, -0.25) is 14.4 Å². The Kier molecular flexibility index (Phi) is 7.25. The summed E-state index contributed by atoms with van der Waals surface area (Å²) in [6, 6.07) is 3.56. The topological polar surface area (TPSA) is 91.7 Å². The molecule has 0 aromatic carbocycles. The van der Waals surface area contributed by atoms with Gasteiger partial charge in [0.05, 0.1) is 6.26 Å². The van der Waals surface area contributed by atoms with Crippen LogP contribution in [0.2, 0.25) is 0 Å². The minimum absolute atomic E-state index is 0.0437. The lowest BCUT2D eigenvalue weighted by Gasteiger charge is -2.31. The molecule has 7 nitrogen and oxygen atoms in total. The Hall–Kier alpha value is -2.57. The van der Waals surface area contributed by atoms with Gasteiger partial charge in [-0.15, -0.1) is 0 Å². The number of amides is 3. The standard InChI is InChI=1S/C18H25N3O4/c1-2-9-19-17(23)18(24)20-13-14-7-10-21(11-8-14)16(22)6-5-15-4-3-12-25-15/h3-6,12,14H,2,7-11,13H2,1H3,(H,19,23)(H,20,24)/b6-5+. The summed E-state index contributed by atoms with van der Waals surface area (Å²) < 4.78 is 5.16. The van der Waals surface area contributed by atoms with Gasteiger partial charge in [-0.05, 0) is 43.4 Å². The number of nitrogens with one attached hydrogen (secondary N) is 2. The minimum atomic E-state index is -0.590. The molecule has 25 heavy (non-hydrogen) atoms. The number of hydrogen-bond donors (Lipinski definition) is 2. The monoisotopic (exact) mass is 347 g/mol. The summed E-state index contributed by atoms with van der Waals surface area (Å²) >= 11 is 0. The first kappa shape index (κ1) is 18.8. The first-order valence-corrected chi connectivity index (χ1v) is 8.66. The Morgan fingerprint density at radius 1 is 1.24 bits per heavy atom. The number of piperidine rings is 1. The number of hydrogen-bond acceptors (Lipinski definition) is 4. The van der Waals surface area contributed by atoms with Gasteiger partial charge in [0.2, 0.25) is 5.91 Å². The highest BCUT2D eigenvalue weighted by molar-refractivity contribution is 6.35. The van der Waals surface area contributed by atoms with E-state index in [4.69, 9.17) is 4.42 Å². The smallest absolute Gasteiger partial charge is 0.309 e. The van der Waals surface area contributed by atoms with Crippen LogP contribution in [0, 0.1) is 5.92 Å². The van der Waals surface area contributed by atoms with Crippen molar-refractivity contribution in [3.05, 3.63) is 30.2 Å². The van der Waals surface area contributed by atoms with Crippen LogP contribution < -0.4 is 10.6 Å². The van der Waals surface area contributed by atoms with Crippen LogP contribution in [0.15, 0.2) is 28.9 Å². The van der Waals surface area contributed by atoms with Crippen LogP contribution in [0.1, 0.15) is 31.9 Å². The van der Waals surface area contributed by atoms with Crippen molar-refractivity contribution in [2.75, 3.05) is 26.2 Å². The second-order valence-electron chi connectivity index (χ2n) is 6.08. The van der Waals surface area contributed by atoms with Gasteiger partial charge in [-0.2, -0.15) is 0 Å². The number of nitrogens with zero attached hydrogens (tertiary/aromatic N) is 1. The van der Waals surface area contributed by atoms with E-state index in [0.717, 1.165) is 19.3 Å². The van der Waals surface area contributed by atoms with Crippen molar-refractivity contribution in [2.24, 2.45) is 5.92 Å². The average Bonchev–Trinajstić information content (AvgIpc) is 3.16. The molecule has 1 aliphatic heterocycles. The van der Waals surface area contributed by atoms with E-state index >= 15 is 0 Å². The second-order valence-corrected chi connectivity index (χ2v) is 6.08. The molecule has 0 unspecified atom stereocenters. The average molecular weight is 347 g/mol. The van der Waals surface area contributed by atoms with Crippen LogP contribution >= 0.6 is 0 Å². The molecule has 1 aromatic rings. The zero-order valence-corrected chi connectivity index (χ0v) is 14.5. The van der Waals surface area contributed by atoms with E-state index in [1.54, 1.807) is 29.4 Å². The number of carbonyl (C=O) groups is 3. The van der Waals surface area contributed by atoms with E-state index in [0.29, 0.717) is 31.9 Å². The molecule has 0 atom stereocenters. The lowest BCUT2D eigenvalue weighted by Crippen LogP contribution is -2.44. The molecule has 3 amide bonds. The Bertz CT molecular complexity index is 602.